The molecule has 0 saturated carbocycles. The Morgan fingerprint density at radius 2 is 1.96 bits per heavy atom. The standard InChI is InChI=1S/C13H11F6N5OS/c1-6-23-24-10(25)8(9(13(17,18)19)22-11(24)26-6)7(4-20)5-21-3-2-12(14,15)16/h4-5,20-21H,2-3H2,1H3/b7-5+,20-4?. The normalized spacial score (nSPS) is 13.3. The summed E-state index contributed by atoms with van der Waals surface area (Å²) < 4.78 is 76.9. The molecule has 142 valence electrons. The van der Waals surface area contributed by atoms with Crippen LogP contribution in [0.15, 0.2) is 11.0 Å². The monoisotopic (exact) mass is 399 g/mol. The van der Waals surface area contributed by atoms with E-state index in [1.54, 1.807) is 0 Å². The van der Waals surface area contributed by atoms with Crippen LogP contribution in [-0.4, -0.2) is 33.5 Å². The van der Waals surface area contributed by atoms with Gasteiger partial charge in [-0.15, -0.1) is 0 Å². The van der Waals surface area contributed by atoms with Crippen LogP contribution in [0, 0.1) is 12.3 Å². The molecule has 0 spiro atoms. The number of fused-ring (bicyclic) bond motifs is 1. The van der Waals surface area contributed by atoms with Crippen molar-refractivity contribution in [2.75, 3.05) is 6.54 Å². The number of nitrogens with zero attached hydrogens (tertiary/aromatic N) is 3. The molecule has 0 aliphatic carbocycles. The van der Waals surface area contributed by atoms with Gasteiger partial charge >= 0.3 is 12.4 Å². The number of aromatic nitrogens is 3. The van der Waals surface area contributed by atoms with E-state index in [2.05, 4.69) is 15.4 Å². The van der Waals surface area contributed by atoms with E-state index in [0.29, 0.717) is 15.7 Å². The van der Waals surface area contributed by atoms with Crippen LogP contribution in [0.1, 0.15) is 22.7 Å². The highest BCUT2D eigenvalue weighted by Crippen LogP contribution is 2.32. The number of rotatable bonds is 5. The molecule has 0 amide bonds. The lowest BCUT2D eigenvalue weighted by Gasteiger charge is -2.12. The highest BCUT2D eigenvalue weighted by molar-refractivity contribution is 7.16. The molecule has 2 N–H and O–H groups in total. The van der Waals surface area contributed by atoms with Gasteiger partial charge in [0, 0.05) is 24.5 Å². The molecule has 0 atom stereocenters. The highest BCUT2D eigenvalue weighted by Gasteiger charge is 2.39. The van der Waals surface area contributed by atoms with Crippen LogP contribution in [0.5, 0.6) is 0 Å². The zero-order valence-corrected chi connectivity index (χ0v) is 13.8. The van der Waals surface area contributed by atoms with E-state index >= 15 is 0 Å². The Balaban J connectivity index is 2.55. The Morgan fingerprint density at radius 3 is 2.50 bits per heavy atom. The van der Waals surface area contributed by atoms with Gasteiger partial charge in [0.05, 0.1) is 12.0 Å². The summed E-state index contributed by atoms with van der Waals surface area (Å²) in [6, 6.07) is 0. The van der Waals surface area contributed by atoms with Crippen LogP contribution < -0.4 is 10.9 Å². The van der Waals surface area contributed by atoms with E-state index in [1.807, 2.05) is 0 Å². The summed E-state index contributed by atoms with van der Waals surface area (Å²) in [7, 11) is 0. The molecule has 0 saturated heterocycles. The number of hydrogen-bond donors (Lipinski definition) is 2. The summed E-state index contributed by atoms with van der Waals surface area (Å²) in [5.41, 5.74) is -4.22. The van der Waals surface area contributed by atoms with Gasteiger partial charge in [-0.05, 0) is 6.92 Å². The highest BCUT2D eigenvalue weighted by atomic mass is 32.1. The summed E-state index contributed by atoms with van der Waals surface area (Å²) in [6.45, 7) is 0.840. The smallest absolute Gasteiger partial charge is 0.390 e. The van der Waals surface area contributed by atoms with Crippen molar-refractivity contribution in [2.45, 2.75) is 25.7 Å². The zero-order chi connectivity index (χ0) is 19.7. The van der Waals surface area contributed by atoms with Crippen LogP contribution in [0.3, 0.4) is 0 Å². The number of alkyl halides is 6. The van der Waals surface area contributed by atoms with Crippen molar-refractivity contribution in [2.24, 2.45) is 0 Å². The molecule has 2 rings (SSSR count). The number of aryl methyl sites for hydroxylation is 1. The Hall–Kier alpha value is -2.44. The Bertz CT molecular complexity index is 911. The number of allylic oxidation sites excluding steroid dienone is 1. The first-order valence-corrected chi connectivity index (χ1v) is 7.74. The van der Waals surface area contributed by atoms with E-state index in [0.717, 1.165) is 17.5 Å². The van der Waals surface area contributed by atoms with Crippen molar-refractivity contribution in [1.82, 2.24) is 19.9 Å². The molecule has 2 heterocycles. The predicted molar refractivity (Wildman–Crippen MR) is 82.3 cm³/mol. The first-order valence-electron chi connectivity index (χ1n) is 6.93. The minimum atomic E-state index is -5.00. The predicted octanol–water partition coefficient (Wildman–Crippen LogP) is 3.01. The van der Waals surface area contributed by atoms with E-state index < -0.39 is 47.7 Å². The molecule has 13 heteroatoms. The SMILES string of the molecule is Cc1nn2c(=O)c(/C(C=N)=C/NCCC(F)(F)F)c(C(F)(F)F)nc2s1. The second-order valence-corrected chi connectivity index (χ2v) is 6.18. The summed E-state index contributed by atoms with van der Waals surface area (Å²) in [5.74, 6) is 0. The molecule has 6 nitrogen and oxygen atoms in total. The summed E-state index contributed by atoms with van der Waals surface area (Å²) in [5, 5.41) is 13.5. The average Bonchev–Trinajstić information content (AvgIpc) is 2.87. The van der Waals surface area contributed by atoms with Crippen molar-refractivity contribution < 1.29 is 26.3 Å². The lowest BCUT2D eigenvalue weighted by Crippen LogP contribution is -2.27. The van der Waals surface area contributed by atoms with Gasteiger partial charge in [-0.2, -0.15) is 36.0 Å². The molecule has 0 aliphatic heterocycles. The molecule has 26 heavy (non-hydrogen) atoms. The fraction of sp³-hybridized carbons (Fsp3) is 0.385. The Kier molecular flexibility index (Phi) is 5.39. The maximum absolute atomic E-state index is 13.3. The average molecular weight is 399 g/mol. The first-order chi connectivity index (χ1) is 11.9. The van der Waals surface area contributed by atoms with Crippen LogP contribution >= 0.6 is 11.3 Å². The van der Waals surface area contributed by atoms with E-state index in [4.69, 9.17) is 5.41 Å². The van der Waals surface area contributed by atoms with Crippen molar-refractivity contribution >= 4 is 28.1 Å². The maximum atomic E-state index is 13.3. The molecule has 0 aromatic carbocycles. The molecule has 0 fully saturated rings. The third-order valence-electron chi connectivity index (χ3n) is 3.03. The van der Waals surface area contributed by atoms with Gasteiger partial charge in [0.15, 0.2) is 5.69 Å². The van der Waals surface area contributed by atoms with E-state index in [1.165, 1.54) is 6.92 Å². The molecule has 2 aromatic heterocycles. The fourth-order valence-corrected chi connectivity index (χ4v) is 2.72. The third kappa shape index (κ3) is 4.39. The van der Waals surface area contributed by atoms with E-state index in [9.17, 15) is 31.1 Å². The second-order valence-electron chi connectivity index (χ2n) is 5.02. The molecule has 0 radical (unpaired) electrons. The zero-order valence-electron chi connectivity index (χ0n) is 13.0. The van der Waals surface area contributed by atoms with Gasteiger partial charge in [0.2, 0.25) is 4.96 Å². The van der Waals surface area contributed by atoms with Gasteiger partial charge in [-0.3, -0.25) is 4.79 Å². The van der Waals surface area contributed by atoms with Crippen LogP contribution in [-0.2, 0) is 6.18 Å². The van der Waals surface area contributed by atoms with Gasteiger partial charge in [0.25, 0.3) is 5.56 Å². The molecular formula is C13H11F6N5OS. The number of nitrogens with one attached hydrogen (secondary N) is 2. The van der Waals surface area contributed by atoms with Crippen molar-refractivity contribution in [1.29, 1.82) is 5.41 Å². The summed E-state index contributed by atoms with van der Waals surface area (Å²) in [4.78, 5) is 15.5. The molecule has 0 bridgehead atoms. The Labute approximate surface area is 145 Å². The van der Waals surface area contributed by atoms with Gasteiger partial charge in [-0.25, -0.2) is 4.98 Å². The Morgan fingerprint density at radius 1 is 1.31 bits per heavy atom. The topological polar surface area (TPSA) is 83.1 Å². The van der Waals surface area contributed by atoms with Crippen molar-refractivity contribution in [3.05, 3.63) is 32.8 Å². The molecule has 0 unspecified atom stereocenters. The van der Waals surface area contributed by atoms with Crippen LogP contribution in [0.2, 0.25) is 0 Å². The number of hydrogen-bond acceptors (Lipinski definition) is 6. The minimum absolute atomic E-state index is 0.280. The van der Waals surface area contributed by atoms with Crippen LogP contribution in [0.25, 0.3) is 10.5 Å². The van der Waals surface area contributed by atoms with Gasteiger partial charge in [0.1, 0.15) is 5.01 Å². The molecular weight excluding hydrogens is 388 g/mol. The third-order valence-corrected chi connectivity index (χ3v) is 3.86. The quantitative estimate of drug-likeness (QED) is 0.460. The van der Waals surface area contributed by atoms with Crippen molar-refractivity contribution in [3.63, 3.8) is 0 Å². The van der Waals surface area contributed by atoms with Gasteiger partial charge in [-0.1, -0.05) is 11.3 Å². The summed E-state index contributed by atoms with van der Waals surface area (Å²) in [6.07, 6.45) is -9.52. The first kappa shape index (κ1) is 19.9. The molecule has 2 aromatic rings. The van der Waals surface area contributed by atoms with Gasteiger partial charge < -0.3 is 10.7 Å². The van der Waals surface area contributed by atoms with Crippen molar-refractivity contribution in [3.8, 4) is 0 Å². The lowest BCUT2D eigenvalue weighted by atomic mass is 10.1. The number of halogens is 6. The lowest BCUT2D eigenvalue weighted by molar-refractivity contribution is -0.141. The van der Waals surface area contributed by atoms with E-state index in [-0.39, 0.29) is 4.96 Å². The minimum Gasteiger partial charge on any atom is -0.390 e. The largest absolute Gasteiger partial charge is 0.434 e. The fourth-order valence-electron chi connectivity index (χ4n) is 1.99. The summed E-state index contributed by atoms with van der Waals surface area (Å²) >= 11 is 0.772. The molecule has 0 aliphatic rings. The second kappa shape index (κ2) is 7.05. The maximum Gasteiger partial charge on any atom is 0.434 e. The van der Waals surface area contributed by atoms with Crippen LogP contribution in [0.4, 0.5) is 26.3 Å².